The van der Waals surface area contributed by atoms with Gasteiger partial charge >= 0.3 is 0 Å². The van der Waals surface area contributed by atoms with Crippen LogP contribution in [0.4, 0.5) is 0 Å². The van der Waals surface area contributed by atoms with Crippen LogP contribution in [0, 0.1) is 0 Å². The Hall–Kier alpha value is -2.44. The van der Waals surface area contributed by atoms with Crippen molar-refractivity contribution in [3.05, 3.63) is 23.8 Å². The number of unbranched alkanes of at least 4 members (excludes halogenated alkanes) is 3. The molecule has 2 rings (SSSR count). The molecule has 0 spiro atoms. The molecule has 0 saturated heterocycles. The van der Waals surface area contributed by atoms with Crippen LogP contribution in [0.1, 0.15) is 38.2 Å². The van der Waals surface area contributed by atoms with Gasteiger partial charge in [-0.2, -0.15) is 4.99 Å². The van der Waals surface area contributed by atoms with Crippen LogP contribution in [0.25, 0.3) is 0 Å². The lowest BCUT2D eigenvalue weighted by Crippen LogP contribution is -2.30. The molecule has 7 heteroatoms. The number of rotatable bonds is 7. The summed E-state index contributed by atoms with van der Waals surface area (Å²) in [5.41, 5.74) is 11.9. The summed E-state index contributed by atoms with van der Waals surface area (Å²) in [6, 6.07) is 5.75. The number of nitrogens with zero attached hydrogens (tertiary/aromatic N) is 2. The Morgan fingerprint density at radius 1 is 1.17 bits per heavy atom. The average molecular weight is 319 g/mol. The predicted octanol–water partition coefficient (Wildman–Crippen LogP) is 1.71. The largest absolute Gasteiger partial charge is 0.454 e. The van der Waals surface area contributed by atoms with E-state index in [4.69, 9.17) is 20.9 Å². The molecule has 5 N–H and O–H groups in total. The lowest BCUT2D eigenvalue weighted by Gasteiger charge is -2.07. The number of nitrogens with two attached hydrogens (primary N) is 2. The van der Waals surface area contributed by atoms with Crippen molar-refractivity contribution in [1.82, 2.24) is 5.32 Å². The van der Waals surface area contributed by atoms with E-state index in [1.54, 1.807) is 0 Å². The number of hydrogen-bond acceptors (Lipinski definition) is 3. The number of nitrogens with one attached hydrogen (secondary N) is 1. The first-order valence-corrected chi connectivity index (χ1v) is 7.95. The number of guanidine groups is 2. The van der Waals surface area contributed by atoms with Crippen LogP contribution in [-0.4, -0.2) is 25.3 Å². The van der Waals surface area contributed by atoms with Crippen molar-refractivity contribution >= 4 is 11.9 Å². The van der Waals surface area contributed by atoms with Crippen LogP contribution in [-0.2, 0) is 6.54 Å². The second-order valence-corrected chi connectivity index (χ2v) is 5.35. The Kier molecular flexibility index (Phi) is 6.53. The Bertz CT molecular complexity index is 568. The molecular weight excluding hydrogens is 294 g/mol. The SMILES string of the molecule is CCCCCCNC(N=C(N)N)=NCc1ccc2c(c1)OCO2. The summed E-state index contributed by atoms with van der Waals surface area (Å²) in [6.07, 6.45) is 4.68. The van der Waals surface area contributed by atoms with E-state index in [2.05, 4.69) is 22.2 Å². The molecule has 0 unspecified atom stereocenters. The molecule has 23 heavy (non-hydrogen) atoms. The summed E-state index contributed by atoms with van der Waals surface area (Å²) in [7, 11) is 0. The first-order valence-electron chi connectivity index (χ1n) is 7.95. The number of fused-ring (bicyclic) bond motifs is 1. The zero-order valence-corrected chi connectivity index (χ0v) is 13.5. The maximum atomic E-state index is 5.46. The van der Waals surface area contributed by atoms with Crippen LogP contribution in [0.15, 0.2) is 28.2 Å². The number of hydrogen-bond donors (Lipinski definition) is 3. The van der Waals surface area contributed by atoms with Gasteiger partial charge in [0.1, 0.15) is 0 Å². The molecule has 1 aromatic carbocycles. The molecule has 0 bridgehead atoms. The highest BCUT2D eigenvalue weighted by molar-refractivity contribution is 5.93. The van der Waals surface area contributed by atoms with Gasteiger partial charge in [0.2, 0.25) is 12.8 Å². The van der Waals surface area contributed by atoms with Crippen molar-refractivity contribution in [2.75, 3.05) is 13.3 Å². The van der Waals surface area contributed by atoms with E-state index >= 15 is 0 Å². The van der Waals surface area contributed by atoms with Crippen molar-refractivity contribution in [2.24, 2.45) is 21.5 Å². The summed E-state index contributed by atoms with van der Waals surface area (Å²) < 4.78 is 10.7. The third-order valence-corrected chi connectivity index (χ3v) is 3.40. The first-order chi connectivity index (χ1) is 11.2. The van der Waals surface area contributed by atoms with Crippen molar-refractivity contribution in [3.63, 3.8) is 0 Å². The molecule has 1 aliphatic heterocycles. The Morgan fingerprint density at radius 2 is 2.00 bits per heavy atom. The molecule has 0 atom stereocenters. The van der Waals surface area contributed by atoms with E-state index in [1.807, 2.05) is 18.2 Å². The van der Waals surface area contributed by atoms with Crippen LogP contribution in [0.5, 0.6) is 11.5 Å². The van der Waals surface area contributed by atoms with Gasteiger partial charge < -0.3 is 26.3 Å². The summed E-state index contributed by atoms with van der Waals surface area (Å²) in [5.74, 6) is 1.96. The number of aliphatic imine (C=N–C) groups is 2. The molecule has 0 aliphatic carbocycles. The maximum absolute atomic E-state index is 5.46. The number of benzene rings is 1. The highest BCUT2D eigenvalue weighted by Crippen LogP contribution is 2.32. The van der Waals surface area contributed by atoms with Crippen molar-refractivity contribution < 1.29 is 9.47 Å². The third kappa shape index (κ3) is 5.69. The third-order valence-electron chi connectivity index (χ3n) is 3.40. The van der Waals surface area contributed by atoms with Gasteiger partial charge in [-0.15, -0.1) is 0 Å². The fourth-order valence-electron chi connectivity index (χ4n) is 2.21. The van der Waals surface area contributed by atoms with Gasteiger partial charge in [0.25, 0.3) is 0 Å². The zero-order valence-electron chi connectivity index (χ0n) is 13.5. The summed E-state index contributed by atoms with van der Waals surface area (Å²) in [4.78, 5) is 8.48. The maximum Gasteiger partial charge on any atom is 0.231 e. The van der Waals surface area contributed by atoms with Gasteiger partial charge in [0.15, 0.2) is 17.5 Å². The van der Waals surface area contributed by atoms with Gasteiger partial charge in [0, 0.05) is 6.54 Å². The summed E-state index contributed by atoms with van der Waals surface area (Å²) >= 11 is 0. The molecule has 1 aromatic rings. The van der Waals surface area contributed by atoms with Crippen LogP contribution >= 0.6 is 0 Å². The highest BCUT2D eigenvalue weighted by Gasteiger charge is 2.12. The summed E-state index contributed by atoms with van der Waals surface area (Å²) in [5, 5.41) is 3.18. The van der Waals surface area contributed by atoms with E-state index < -0.39 is 0 Å². The van der Waals surface area contributed by atoms with E-state index in [0.717, 1.165) is 30.0 Å². The fraction of sp³-hybridized carbons (Fsp3) is 0.500. The molecule has 1 heterocycles. The lowest BCUT2D eigenvalue weighted by atomic mass is 10.2. The minimum absolute atomic E-state index is 0.00417. The van der Waals surface area contributed by atoms with Crippen molar-refractivity contribution in [1.29, 1.82) is 0 Å². The van der Waals surface area contributed by atoms with Gasteiger partial charge in [-0.05, 0) is 24.1 Å². The van der Waals surface area contributed by atoms with E-state index in [9.17, 15) is 0 Å². The average Bonchev–Trinajstić information content (AvgIpc) is 2.99. The van der Waals surface area contributed by atoms with E-state index in [1.165, 1.54) is 19.3 Å². The lowest BCUT2D eigenvalue weighted by molar-refractivity contribution is 0.174. The minimum atomic E-state index is -0.00417. The molecule has 126 valence electrons. The van der Waals surface area contributed by atoms with Crippen LogP contribution in [0.2, 0.25) is 0 Å². The van der Waals surface area contributed by atoms with Crippen molar-refractivity contribution in [3.8, 4) is 11.5 Å². The topological polar surface area (TPSA) is 107 Å². The van der Waals surface area contributed by atoms with E-state index in [-0.39, 0.29) is 12.8 Å². The smallest absolute Gasteiger partial charge is 0.231 e. The van der Waals surface area contributed by atoms with Gasteiger partial charge in [0.05, 0.1) is 6.54 Å². The van der Waals surface area contributed by atoms with Crippen LogP contribution in [0.3, 0.4) is 0 Å². The Morgan fingerprint density at radius 3 is 2.78 bits per heavy atom. The minimum Gasteiger partial charge on any atom is -0.454 e. The molecule has 0 aromatic heterocycles. The Labute approximate surface area is 136 Å². The fourth-order valence-corrected chi connectivity index (χ4v) is 2.21. The quantitative estimate of drug-likeness (QED) is 0.403. The molecule has 0 fully saturated rings. The predicted molar refractivity (Wildman–Crippen MR) is 91.7 cm³/mol. The second-order valence-electron chi connectivity index (χ2n) is 5.35. The van der Waals surface area contributed by atoms with Crippen LogP contribution < -0.4 is 26.3 Å². The van der Waals surface area contributed by atoms with Gasteiger partial charge in [-0.25, -0.2) is 4.99 Å². The molecule has 0 saturated carbocycles. The second kappa shape index (κ2) is 8.87. The Balaban J connectivity index is 1.92. The first kappa shape index (κ1) is 16.9. The molecule has 0 amide bonds. The van der Waals surface area contributed by atoms with Crippen molar-refractivity contribution in [2.45, 2.75) is 39.2 Å². The standard InChI is InChI=1S/C16H25N5O2/c1-2-3-4-5-8-19-16(21-15(17)18)20-10-12-6-7-13-14(9-12)23-11-22-13/h6-7,9H,2-5,8,10-11H2,1H3,(H5,17,18,19,20,21). The molecular formula is C16H25N5O2. The molecule has 1 aliphatic rings. The normalized spacial score (nSPS) is 13.0. The summed E-state index contributed by atoms with van der Waals surface area (Å²) in [6.45, 7) is 3.72. The highest BCUT2D eigenvalue weighted by atomic mass is 16.7. The van der Waals surface area contributed by atoms with E-state index in [0.29, 0.717) is 12.5 Å². The number of ether oxygens (including phenoxy) is 2. The van der Waals surface area contributed by atoms with Gasteiger partial charge in [-0.1, -0.05) is 32.3 Å². The monoisotopic (exact) mass is 319 g/mol. The molecule has 0 radical (unpaired) electrons. The zero-order chi connectivity index (χ0) is 16.5. The van der Waals surface area contributed by atoms with Gasteiger partial charge in [-0.3, -0.25) is 0 Å². The molecule has 7 nitrogen and oxygen atoms in total.